The molecule has 8 saturated carbocycles. The minimum absolute atomic E-state index is 0.000295. The number of guanidine groups is 1. The van der Waals surface area contributed by atoms with Gasteiger partial charge in [-0.2, -0.15) is 0 Å². The summed E-state index contributed by atoms with van der Waals surface area (Å²) in [5, 5.41) is 20.2. The van der Waals surface area contributed by atoms with Crippen LogP contribution in [0.2, 0.25) is 0 Å². The van der Waals surface area contributed by atoms with Gasteiger partial charge in [0.05, 0.1) is 50.7 Å². The number of alkyl halides is 5. The average Bonchev–Trinajstić information content (AvgIpc) is 1.56. The third-order valence-electron chi connectivity index (χ3n) is 29.4. The second-order valence-electron chi connectivity index (χ2n) is 36.5. The predicted octanol–water partition coefficient (Wildman–Crippen LogP) is 13.2. The number of rotatable bonds is 11. The number of benzene rings is 4. The van der Waals surface area contributed by atoms with Crippen molar-refractivity contribution in [2.45, 2.75) is 226 Å². The molecule has 0 radical (unpaired) electrons. The number of urea groups is 2. The summed E-state index contributed by atoms with van der Waals surface area (Å²) in [4.78, 5) is 88.1. The van der Waals surface area contributed by atoms with E-state index in [2.05, 4.69) is 127 Å². The number of ether oxygens (including phenoxy) is 4. The van der Waals surface area contributed by atoms with Gasteiger partial charge in [0.1, 0.15) is 20.0 Å². The second-order valence-corrected chi connectivity index (χ2v) is 37.6. The van der Waals surface area contributed by atoms with Crippen molar-refractivity contribution >= 4 is 74.9 Å². The first-order chi connectivity index (χ1) is 60.0. The first kappa shape index (κ1) is 90.1. The molecule has 11 fully saturated rings. The van der Waals surface area contributed by atoms with Gasteiger partial charge in [-0.15, -0.1) is 0 Å². The van der Waals surface area contributed by atoms with Gasteiger partial charge in [0.2, 0.25) is 0 Å². The highest BCUT2D eigenvalue weighted by atomic mass is 79.9. The molecule has 12 aliphatic carbocycles. The van der Waals surface area contributed by atoms with Gasteiger partial charge < -0.3 is 45.8 Å². The Balaban J connectivity index is 0.000000125. The predicted molar refractivity (Wildman–Crippen MR) is 469 cm³/mol. The Bertz CT molecular complexity index is 4910. The number of carbonyl (C=O) groups excluding carboxylic acids is 6. The first-order valence-corrected chi connectivity index (χ1v) is 45.9. The summed E-state index contributed by atoms with van der Waals surface area (Å²) in [6.45, 7) is -2.52. The number of hydroxylamine groups is 1. The molecule has 8 N–H and O–H groups in total. The molecule has 0 bridgehead atoms. The van der Waals surface area contributed by atoms with Gasteiger partial charge >= 0.3 is 12.1 Å². The quantitative estimate of drug-likeness (QED) is 0.0184. The summed E-state index contributed by atoms with van der Waals surface area (Å²) in [7, 11) is 8.39. The van der Waals surface area contributed by atoms with Crippen LogP contribution in [0.15, 0.2) is 77.8 Å². The van der Waals surface area contributed by atoms with Gasteiger partial charge in [-0.05, 0) is 285 Å². The molecule has 0 aromatic heterocycles. The molecule has 660 valence electrons. The van der Waals surface area contributed by atoms with Crippen molar-refractivity contribution in [3.63, 3.8) is 0 Å². The fourth-order valence-corrected chi connectivity index (χ4v) is 22.7. The molecule has 4 unspecified atom stereocenters. The van der Waals surface area contributed by atoms with Crippen molar-refractivity contribution in [1.29, 1.82) is 0 Å². The smallest absolute Gasteiger partial charge is 0.325 e. The molecule has 4 aromatic carbocycles. The first-order valence-electron chi connectivity index (χ1n) is 44.4. The monoisotopic (exact) mass is 1780 g/mol. The van der Waals surface area contributed by atoms with Crippen LogP contribution in [-0.2, 0) is 86.0 Å². The van der Waals surface area contributed by atoms with Crippen molar-refractivity contribution in [3.8, 4) is 47.4 Å². The summed E-state index contributed by atoms with van der Waals surface area (Å²) in [5.41, 5.74) is 14.4. The SMILES string of the molecule is CNO.COC1CCC2(CC1)Cc1ccc(C#CC3CC3)cc1C21N=C(N)N(CCF)C1=O.COC1CCC2(CC1)Cc1ccc(C#CC3CC3)cc1C21NC(=O)N(CCF)C1=O.COC1CCC2(CC1)Cc1ccc(C#CC3CC3)cc1C21NC(=O)NC1=O.COC1CCC2(CC1)Cc1ccc(C#CC3CC3)cc1C21NC(=S)N(CCF)C1=O.FCCBr. The average molecular weight is 1790 g/mol. The second kappa shape index (κ2) is 37.3. The number of methoxy groups -OCH3 is 4. The highest BCUT2D eigenvalue weighted by molar-refractivity contribution is 9.09. The number of imide groups is 2. The van der Waals surface area contributed by atoms with E-state index in [0.29, 0.717) is 34.1 Å². The maximum absolute atomic E-state index is 13.8. The topological polar surface area (TPSA) is 268 Å². The Morgan fingerprint density at radius 2 is 0.774 bits per heavy atom. The Morgan fingerprint density at radius 3 is 1.12 bits per heavy atom. The molecule has 4 atom stereocenters. The number of carbonyl (C=O) groups is 6. The Kier molecular flexibility index (Phi) is 27.1. The Hall–Kier alpha value is -8.74. The van der Waals surface area contributed by atoms with E-state index < -0.39 is 59.7 Å². The lowest BCUT2D eigenvalue weighted by Crippen LogP contribution is -2.56. The van der Waals surface area contributed by atoms with E-state index in [0.717, 1.165) is 207 Å². The highest BCUT2D eigenvalue weighted by Gasteiger charge is 2.72. The van der Waals surface area contributed by atoms with Crippen molar-refractivity contribution < 1.29 is 70.5 Å². The molecule has 4 aliphatic heterocycles. The Labute approximate surface area is 739 Å². The van der Waals surface area contributed by atoms with Crippen LogP contribution in [0.5, 0.6) is 0 Å². The van der Waals surface area contributed by atoms with E-state index in [-0.39, 0.29) is 96.6 Å². The number of hydrogen-bond donors (Lipinski definition) is 7. The molecule has 27 heteroatoms. The third-order valence-corrected chi connectivity index (χ3v) is 30.0. The Morgan fingerprint density at radius 1 is 0.460 bits per heavy atom. The minimum Gasteiger partial charge on any atom is -0.381 e. The third kappa shape index (κ3) is 16.6. The molecule has 3 saturated heterocycles. The number of thiocarbonyl (C=S) groups is 1. The lowest BCUT2D eigenvalue weighted by atomic mass is 9.61. The molecule has 4 heterocycles. The summed E-state index contributed by atoms with van der Waals surface area (Å²) in [5.74, 6) is 27.6. The van der Waals surface area contributed by atoms with Gasteiger partial charge in [0.15, 0.2) is 33.2 Å². The fourth-order valence-electron chi connectivity index (χ4n) is 22.3. The molecule has 21 nitrogen and oxygen atoms in total. The zero-order valence-electron chi connectivity index (χ0n) is 71.7. The maximum Gasteiger partial charge on any atom is 0.325 e. The molecular weight excluding hydrogens is 1670 g/mol. The summed E-state index contributed by atoms with van der Waals surface area (Å²) >= 11 is 8.39. The zero-order valence-corrected chi connectivity index (χ0v) is 74.1. The van der Waals surface area contributed by atoms with Crippen LogP contribution in [0.25, 0.3) is 0 Å². The lowest BCUT2D eigenvalue weighted by molar-refractivity contribution is -0.139. The normalized spacial score (nSPS) is 31.3. The highest BCUT2D eigenvalue weighted by Crippen LogP contribution is 2.65. The molecular formula is C97H115BrF4N10O11S. The van der Waals surface area contributed by atoms with Crippen molar-refractivity contribution in [3.05, 3.63) is 140 Å². The largest absolute Gasteiger partial charge is 0.381 e. The number of nitrogens with zero attached hydrogens (tertiary/aromatic N) is 4. The zero-order chi connectivity index (χ0) is 87.6. The van der Waals surface area contributed by atoms with Crippen LogP contribution in [0, 0.1) is 92.7 Å². The maximum atomic E-state index is 13.8. The molecule has 8 spiro atoms. The van der Waals surface area contributed by atoms with Crippen LogP contribution in [-0.4, -0.2) is 178 Å². The summed E-state index contributed by atoms with van der Waals surface area (Å²) in [6, 6.07) is 23.8. The number of hydrogen-bond acceptors (Lipinski definition) is 15. The van der Waals surface area contributed by atoms with Gasteiger partial charge in [0, 0.05) is 108 Å². The summed E-state index contributed by atoms with van der Waals surface area (Å²) in [6.07, 6.45) is 27.1. The lowest BCUT2D eigenvalue weighted by Gasteiger charge is -2.46. The van der Waals surface area contributed by atoms with Crippen molar-refractivity contribution in [2.24, 2.45) is 56.1 Å². The van der Waals surface area contributed by atoms with E-state index in [4.69, 9.17) is 47.1 Å². The number of nitrogens with two attached hydrogens (primary N) is 1. The van der Waals surface area contributed by atoms with Gasteiger partial charge in [-0.3, -0.25) is 43.6 Å². The van der Waals surface area contributed by atoms with E-state index in [1.54, 1.807) is 33.9 Å². The summed E-state index contributed by atoms with van der Waals surface area (Å²) < 4.78 is 72.5. The van der Waals surface area contributed by atoms with Crippen LogP contribution >= 0.6 is 28.1 Å². The molecule has 4 aromatic rings. The van der Waals surface area contributed by atoms with E-state index in [1.165, 1.54) is 60.9 Å². The van der Waals surface area contributed by atoms with Crippen LogP contribution in [0.3, 0.4) is 0 Å². The molecule has 16 aliphatic rings. The van der Waals surface area contributed by atoms with Gasteiger partial charge in [0.25, 0.3) is 23.6 Å². The van der Waals surface area contributed by atoms with E-state index in [1.807, 2.05) is 30.3 Å². The molecule has 20 rings (SSSR count). The number of amides is 8. The molecule has 8 amide bonds. The van der Waals surface area contributed by atoms with Crippen LogP contribution in [0.1, 0.15) is 221 Å². The minimum atomic E-state index is -1.13. The number of fused-ring (bicyclic) bond motifs is 12. The van der Waals surface area contributed by atoms with Crippen molar-refractivity contribution in [2.75, 3.05) is 87.1 Å². The van der Waals surface area contributed by atoms with Crippen molar-refractivity contribution in [1.82, 2.24) is 41.4 Å². The van der Waals surface area contributed by atoms with Crippen LogP contribution < -0.4 is 32.5 Å². The standard InChI is InChI=1S/C24H28FN3O2.C24H27FN2O3.C24H27FN2O2S.C22H24N2O3.C2H4BrF.CH5NO/c1-30-19-8-10-23(11-9-19)15-18-7-6-17(5-4-16-2-3-16)14-20(18)24(23)21(29)28(13-12-25)22(26)27-24;1-30-19-8-10-23(11-9-19)15-18-7-6-17(5-4-16-2-3-16)14-20(18)24(23)21(28)27(13-12-25)22(29)26-24;1-29-19-8-10-23(11-9-19)15-18-7-6-17(5-4-16-2-3-16)14-20(18)24(23)21(28)27(13-12-25)22(30)26-24;1-27-17-8-10-21(11-9-17)13-16-7-6-15(5-4-14-2-3-14)12-18(16)22(21)19(25)23-20(26)24-22;3-1-2-4;1-2-3/h6-7,14,16,19H,2-3,8-13,15H2,1H3,(H2,26,27);6-7,14,16,19H,2-3,8-13,15H2,1H3,(H,26,29);6-7,14,16,19H,2-3,8-13,15H2,1H3,(H,26,30);6-7,12,14,17H,2-3,8-11,13H2,1H3,(H2,23,24,25,26);1-2H2;2-3H,1H3. The molecule has 124 heavy (non-hydrogen) atoms. The van der Waals surface area contributed by atoms with Crippen LogP contribution in [0.4, 0.5) is 27.2 Å². The number of aliphatic imine (C=N–C) groups is 1. The van der Waals surface area contributed by atoms with Gasteiger partial charge in [-0.25, -0.2) is 33.2 Å². The fraction of sp³-hybridized carbons (Fsp3) is 0.588. The number of halogens is 5. The van der Waals surface area contributed by atoms with E-state index in [9.17, 15) is 46.3 Å². The number of nitrogens with one attached hydrogen (secondary N) is 5. The van der Waals surface area contributed by atoms with E-state index >= 15 is 0 Å². The van der Waals surface area contributed by atoms with Gasteiger partial charge in [-0.1, -0.05) is 87.6 Å².